The normalized spacial score (nSPS) is 12.9. The molecule has 0 fully saturated rings. The highest BCUT2D eigenvalue weighted by Gasteiger charge is 2.35. The second-order valence-electron chi connectivity index (χ2n) is 9.23. The van der Waals surface area contributed by atoms with Gasteiger partial charge in [-0.15, -0.1) is 0 Å². The van der Waals surface area contributed by atoms with E-state index < -0.39 is 35.4 Å². The van der Waals surface area contributed by atoms with E-state index in [1.54, 1.807) is 48.5 Å². The summed E-state index contributed by atoms with van der Waals surface area (Å²) in [4.78, 5) is 29.4. The summed E-state index contributed by atoms with van der Waals surface area (Å²) in [5, 5.41) is 23.1. The van der Waals surface area contributed by atoms with Crippen LogP contribution in [0, 0.1) is 11.6 Å². The van der Waals surface area contributed by atoms with Crippen molar-refractivity contribution >= 4 is 40.9 Å². The van der Waals surface area contributed by atoms with Crippen LogP contribution in [0.2, 0.25) is 10.0 Å². The SMILES string of the molecule is O=C(/C=C/c1ccc(Cl)c(Cl)c1)Nc1ccc(-n2cnn(CC(O)(Cn3cncn3)c3ccc(F)cc3F)c2=O)cc1. The Morgan fingerprint density at radius 1 is 0.976 bits per heavy atom. The van der Waals surface area contributed by atoms with Gasteiger partial charge in [-0.3, -0.25) is 4.79 Å². The van der Waals surface area contributed by atoms with Crippen molar-refractivity contribution in [2.45, 2.75) is 18.7 Å². The predicted molar refractivity (Wildman–Crippen MR) is 152 cm³/mol. The summed E-state index contributed by atoms with van der Waals surface area (Å²) in [6.07, 6.45) is 6.72. The number of halogens is 4. The smallest absolute Gasteiger partial charge is 0.350 e. The molecule has 0 radical (unpaired) electrons. The third kappa shape index (κ3) is 6.46. The van der Waals surface area contributed by atoms with Gasteiger partial charge in [0.25, 0.3) is 0 Å². The van der Waals surface area contributed by atoms with Crippen LogP contribution in [0.15, 0.2) is 90.5 Å². The minimum Gasteiger partial charge on any atom is -0.381 e. The first-order chi connectivity index (χ1) is 20.1. The Labute approximate surface area is 247 Å². The molecule has 10 nitrogen and oxygen atoms in total. The number of rotatable bonds is 9. The van der Waals surface area contributed by atoms with Gasteiger partial charge >= 0.3 is 5.69 Å². The molecule has 42 heavy (non-hydrogen) atoms. The van der Waals surface area contributed by atoms with Gasteiger partial charge in [0.2, 0.25) is 5.91 Å². The summed E-state index contributed by atoms with van der Waals surface area (Å²) >= 11 is 11.9. The van der Waals surface area contributed by atoms with Crippen molar-refractivity contribution in [3.05, 3.63) is 129 Å². The average Bonchev–Trinajstić information content (AvgIpc) is 3.59. The number of nitrogens with zero attached hydrogens (tertiary/aromatic N) is 6. The van der Waals surface area contributed by atoms with Gasteiger partial charge in [-0.2, -0.15) is 10.2 Å². The minimum atomic E-state index is -2.03. The lowest BCUT2D eigenvalue weighted by Crippen LogP contribution is -2.41. The zero-order chi connectivity index (χ0) is 29.9. The molecule has 0 saturated heterocycles. The number of amides is 1. The minimum absolute atomic E-state index is 0.242. The summed E-state index contributed by atoms with van der Waals surface area (Å²) in [7, 11) is 0. The lowest BCUT2D eigenvalue weighted by Gasteiger charge is -2.28. The molecule has 0 bridgehead atoms. The van der Waals surface area contributed by atoms with Gasteiger partial charge in [-0.1, -0.05) is 35.3 Å². The van der Waals surface area contributed by atoms with Crippen molar-refractivity contribution < 1.29 is 18.7 Å². The highest BCUT2D eigenvalue weighted by Crippen LogP contribution is 2.28. The molecule has 5 rings (SSSR count). The highest BCUT2D eigenvalue weighted by atomic mass is 35.5. The summed E-state index contributed by atoms with van der Waals surface area (Å²) < 4.78 is 31.7. The molecule has 2 heterocycles. The molecule has 0 spiro atoms. The molecule has 1 amide bonds. The molecule has 5 aromatic rings. The second-order valence-corrected chi connectivity index (χ2v) is 10.0. The fraction of sp³-hybridized carbons (Fsp3) is 0.107. The molecular formula is C28H21Cl2F2N7O3. The van der Waals surface area contributed by atoms with Crippen molar-refractivity contribution in [2.24, 2.45) is 0 Å². The van der Waals surface area contributed by atoms with Crippen LogP contribution in [0.1, 0.15) is 11.1 Å². The second kappa shape index (κ2) is 12.1. The zero-order valence-corrected chi connectivity index (χ0v) is 23.0. The fourth-order valence-corrected chi connectivity index (χ4v) is 4.52. The molecule has 2 aromatic heterocycles. The topological polar surface area (TPSA) is 120 Å². The molecule has 2 N–H and O–H groups in total. The number of aromatic nitrogens is 6. The quantitative estimate of drug-likeness (QED) is 0.238. The Hall–Kier alpha value is -4.65. The number of nitrogens with one attached hydrogen (secondary N) is 1. The third-order valence-electron chi connectivity index (χ3n) is 6.25. The van der Waals surface area contributed by atoms with Gasteiger partial charge in [0.05, 0.1) is 28.8 Å². The maximum atomic E-state index is 14.7. The van der Waals surface area contributed by atoms with Gasteiger partial charge in [-0.25, -0.2) is 32.5 Å². The van der Waals surface area contributed by atoms with E-state index in [4.69, 9.17) is 23.2 Å². The van der Waals surface area contributed by atoms with Gasteiger partial charge in [-0.05, 0) is 54.1 Å². The first-order valence-corrected chi connectivity index (χ1v) is 13.1. The molecule has 14 heteroatoms. The molecule has 3 aromatic carbocycles. The van der Waals surface area contributed by atoms with Crippen LogP contribution in [0.4, 0.5) is 14.5 Å². The Kier molecular flexibility index (Phi) is 8.29. The lowest BCUT2D eigenvalue weighted by atomic mass is 9.93. The number of aliphatic hydroxyl groups is 1. The molecule has 0 aliphatic heterocycles. The van der Waals surface area contributed by atoms with Gasteiger partial charge in [0.1, 0.15) is 36.2 Å². The van der Waals surface area contributed by atoms with Gasteiger partial charge in [0, 0.05) is 23.4 Å². The Balaban J connectivity index is 1.33. The largest absolute Gasteiger partial charge is 0.381 e. The lowest BCUT2D eigenvalue weighted by molar-refractivity contribution is -0.111. The first kappa shape index (κ1) is 28.9. The van der Waals surface area contributed by atoms with Crippen molar-refractivity contribution in [1.82, 2.24) is 29.1 Å². The number of hydrogen-bond donors (Lipinski definition) is 2. The molecular weight excluding hydrogens is 591 g/mol. The van der Waals surface area contributed by atoms with Crippen molar-refractivity contribution in [3.63, 3.8) is 0 Å². The Morgan fingerprint density at radius 2 is 1.76 bits per heavy atom. The molecule has 0 saturated carbocycles. The molecule has 1 atom stereocenters. The number of anilines is 1. The van der Waals surface area contributed by atoms with Gasteiger partial charge in [0.15, 0.2) is 0 Å². The van der Waals surface area contributed by atoms with E-state index >= 15 is 0 Å². The summed E-state index contributed by atoms with van der Waals surface area (Å²) in [5.74, 6) is -2.20. The molecule has 1 unspecified atom stereocenters. The van der Waals surface area contributed by atoms with Crippen LogP contribution in [0.5, 0.6) is 0 Å². The van der Waals surface area contributed by atoms with E-state index in [2.05, 4.69) is 20.5 Å². The molecule has 0 aliphatic carbocycles. The molecule has 0 aliphatic rings. The molecule has 214 valence electrons. The Bertz CT molecular complexity index is 1820. The average molecular weight is 612 g/mol. The van der Waals surface area contributed by atoms with Crippen LogP contribution in [-0.4, -0.2) is 40.1 Å². The number of carbonyl (C=O) groups is 1. The highest BCUT2D eigenvalue weighted by molar-refractivity contribution is 6.42. The zero-order valence-electron chi connectivity index (χ0n) is 21.5. The van der Waals surface area contributed by atoms with E-state index in [0.29, 0.717) is 33.0 Å². The number of hydrogen-bond acceptors (Lipinski definition) is 6. The van der Waals surface area contributed by atoms with Crippen LogP contribution in [0.3, 0.4) is 0 Å². The fourth-order valence-electron chi connectivity index (χ4n) is 4.22. The Morgan fingerprint density at radius 3 is 2.45 bits per heavy atom. The van der Waals surface area contributed by atoms with E-state index in [1.165, 1.54) is 34.3 Å². The summed E-state index contributed by atoms with van der Waals surface area (Å²) in [6, 6.07) is 14.1. The third-order valence-corrected chi connectivity index (χ3v) is 6.99. The van der Waals surface area contributed by atoms with Crippen LogP contribution in [0.25, 0.3) is 11.8 Å². The van der Waals surface area contributed by atoms with E-state index in [9.17, 15) is 23.5 Å². The van der Waals surface area contributed by atoms with Crippen molar-refractivity contribution in [3.8, 4) is 5.69 Å². The standard InChI is InChI=1S/C28H21Cl2F2N7O3/c29-23-9-1-18(11-24(23)30)2-10-26(40)36-20-4-6-21(7-5-20)38-17-35-39(27(38)41)14-28(42,13-37-16-33-15-34-37)22-8-3-19(31)12-25(22)32/h1-12,15-17,42H,13-14H2,(H,36,40)/b10-2+. The van der Waals surface area contributed by atoms with E-state index in [0.717, 1.165) is 16.8 Å². The summed E-state index contributed by atoms with van der Waals surface area (Å²) in [5.41, 5.74) is -1.32. The van der Waals surface area contributed by atoms with E-state index in [-0.39, 0.29) is 12.1 Å². The van der Waals surface area contributed by atoms with Crippen LogP contribution >= 0.6 is 23.2 Å². The number of carbonyl (C=O) groups excluding carboxylic acids is 1. The predicted octanol–water partition coefficient (Wildman–Crippen LogP) is 4.45. The van der Waals surface area contributed by atoms with Crippen LogP contribution in [-0.2, 0) is 23.5 Å². The maximum Gasteiger partial charge on any atom is 0.350 e. The van der Waals surface area contributed by atoms with Gasteiger partial charge < -0.3 is 10.4 Å². The van der Waals surface area contributed by atoms with Crippen molar-refractivity contribution in [2.75, 3.05) is 5.32 Å². The first-order valence-electron chi connectivity index (χ1n) is 12.3. The monoisotopic (exact) mass is 611 g/mol. The van der Waals surface area contributed by atoms with Crippen molar-refractivity contribution in [1.29, 1.82) is 0 Å². The van der Waals surface area contributed by atoms with E-state index in [1.807, 2.05) is 0 Å². The maximum absolute atomic E-state index is 14.7. The number of benzene rings is 3. The van der Waals surface area contributed by atoms with Crippen LogP contribution < -0.4 is 11.0 Å². The summed E-state index contributed by atoms with van der Waals surface area (Å²) in [6.45, 7) is -0.761.